The van der Waals surface area contributed by atoms with Gasteiger partial charge in [0, 0.05) is 11.6 Å². The van der Waals surface area contributed by atoms with Crippen molar-refractivity contribution in [1.29, 1.82) is 0 Å². The highest BCUT2D eigenvalue weighted by atomic mass is 15.2. The predicted molar refractivity (Wildman–Crippen MR) is 149 cm³/mol. The van der Waals surface area contributed by atoms with E-state index < -0.39 is 0 Å². The quantitative estimate of drug-likeness (QED) is 0.370. The highest BCUT2D eigenvalue weighted by Crippen LogP contribution is 2.38. The average molecular weight is 489 g/mol. The zero-order chi connectivity index (χ0) is 24.8. The number of para-hydroxylation sites is 3. The number of aromatic nitrogens is 4. The SMILES string of the molecule is C1=c2ccccc2=NC1n1c2ccccc2c2nc3c4ncccc4n(C4C=c5ccccc5=N4)c3cc21. The first-order chi connectivity index (χ1) is 18.8. The second-order valence-corrected chi connectivity index (χ2v) is 9.89. The number of hydrogen-bond donors (Lipinski definition) is 0. The van der Waals surface area contributed by atoms with Crippen molar-refractivity contribution in [3.63, 3.8) is 0 Å². The number of fused-ring (bicyclic) bond motifs is 8. The van der Waals surface area contributed by atoms with Crippen molar-refractivity contribution >= 4 is 56.2 Å². The Hall–Kier alpha value is -5.10. The van der Waals surface area contributed by atoms with Crippen LogP contribution in [0.25, 0.3) is 56.2 Å². The van der Waals surface area contributed by atoms with Gasteiger partial charge in [0.2, 0.25) is 0 Å². The Morgan fingerprint density at radius 1 is 0.526 bits per heavy atom. The van der Waals surface area contributed by atoms with Gasteiger partial charge in [-0.05, 0) is 59.0 Å². The van der Waals surface area contributed by atoms with E-state index in [-0.39, 0.29) is 12.3 Å². The first-order valence-electron chi connectivity index (χ1n) is 12.8. The molecule has 0 bridgehead atoms. The molecule has 0 spiro atoms. The summed E-state index contributed by atoms with van der Waals surface area (Å²) in [5.74, 6) is 0. The first kappa shape index (κ1) is 20.0. The van der Waals surface area contributed by atoms with Crippen LogP contribution in [-0.4, -0.2) is 19.1 Å². The molecule has 6 nitrogen and oxygen atoms in total. The van der Waals surface area contributed by atoms with Crippen molar-refractivity contribution in [2.24, 2.45) is 9.98 Å². The molecule has 2 atom stereocenters. The maximum Gasteiger partial charge on any atom is 0.146 e. The van der Waals surface area contributed by atoms with Crippen molar-refractivity contribution in [1.82, 2.24) is 19.1 Å². The molecule has 0 fully saturated rings. The van der Waals surface area contributed by atoms with Crippen LogP contribution in [0.1, 0.15) is 12.3 Å². The lowest BCUT2D eigenvalue weighted by atomic mass is 10.2. The zero-order valence-electron chi connectivity index (χ0n) is 20.2. The number of pyridine rings is 2. The summed E-state index contributed by atoms with van der Waals surface area (Å²) >= 11 is 0. The van der Waals surface area contributed by atoms with Gasteiger partial charge in [0.25, 0.3) is 0 Å². The van der Waals surface area contributed by atoms with Crippen LogP contribution >= 0.6 is 0 Å². The van der Waals surface area contributed by atoms with E-state index in [1.807, 2.05) is 24.4 Å². The van der Waals surface area contributed by atoms with E-state index >= 15 is 0 Å². The van der Waals surface area contributed by atoms with Crippen LogP contribution in [-0.2, 0) is 0 Å². The highest BCUT2D eigenvalue weighted by molar-refractivity contribution is 6.13. The number of rotatable bonds is 2. The maximum atomic E-state index is 5.30. The van der Waals surface area contributed by atoms with E-state index in [0.29, 0.717) is 0 Å². The Bertz CT molecular complexity index is 2140. The van der Waals surface area contributed by atoms with Gasteiger partial charge in [0.15, 0.2) is 0 Å². The maximum absolute atomic E-state index is 5.30. The molecule has 2 unspecified atom stereocenters. The van der Waals surface area contributed by atoms with Crippen LogP contribution < -0.4 is 21.2 Å². The first-order valence-corrected chi connectivity index (χ1v) is 12.8. The number of hydrogen-bond acceptors (Lipinski definition) is 4. The molecule has 38 heavy (non-hydrogen) atoms. The fourth-order valence-electron chi connectivity index (χ4n) is 6.16. The second kappa shape index (κ2) is 7.23. The third-order valence-electron chi connectivity index (χ3n) is 7.79. The van der Waals surface area contributed by atoms with Crippen LogP contribution in [0.15, 0.2) is 107 Å². The minimum absolute atomic E-state index is 0.142. The molecule has 2 aliphatic rings. The third-order valence-corrected chi connectivity index (χ3v) is 7.79. The summed E-state index contributed by atoms with van der Waals surface area (Å²) in [6.07, 6.45) is 5.99. The van der Waals surface area contributed by atoms with Crippen molar-refractivity contribution < 1.29 is 0 Å². The lowest BCUT2D eigenvalue weighted by Crippen LogP contribution is -2.19. The van der Waals surface area contributed by atoms with Gasteiger partial charge in [-0.3, -0.25) is 15.0 Å². The van der Waals surface area contributed by atoms with E-state index in [1.54, 1.807) is 0 Å². The van der Waals surface area contributed by atoms with Gasteiger partial charge in [0.1, 0.15) is 23.4 Å². The summed E-state index contributed by atoms with van der Waals surface area (Å²) in [4.78, 5) is 20.2. The van der Waals surface area contributed by atoms with Gasteiger partial charge in [-0.2, -0.15) is 0 Å². The summed E-state index contributed by atoms with van der Waals surface area (Å²) in [7, 11) is 0. The van der Waals surface area contributed by atoms with E-state index in [4.69, 9.17) is 20.0 Å². The van der Waals surface area contributed by atoms with Crippen LogP contribution in [0.3, 0.4) is 0 Å². The van der Waals surface area contributed by atoms with Gasteiger partial charge in [-0.15, -0.1) is 0 Å². The minimum Gasteiger partial charge on any atom is -0.313 e. The zero-order valence-corrected chi connectivity index (χ0v) is 20.2. The predicted octanol–water partition coefficient (Wildman–Crippen LogP) is 3.92. The number of benzene rings is 3. The van der Waals surface area contributed by atoms with Crippen molar-refractivity contribution in [2.75, 3.05) is 0 Å². The van der Waals surface area contributed by atoms with E-state index in [1.165, 1.54) is 0 Å². The molecular formula is C32H20N6. The van der Waals surface area contributed by atoms with Crippen LogP contribution in [0.5, 0.6) is 0 Å². The molecule has 0 aliphatic carbocycles. The Morgan fingerprint density at radius 2 is 1.13 bits per heavy atom. The molecule has 4 aromatic heterocycles. The van der Waals surface area contributed by atoms with Gasteiger partial charge in [-0.1, -0.05) is 54.6 Å². The molecule has 0 saturated carbocycles. The minimum atomic E-state index is -0.166. The summed E-state index contributed by atoms with van der Waals surface area (Å²) in [6.45, 7) is 0. The van der Waals surface area contributed by atoms with E-state index in [2.05, 4.69) is 94.1 Å². The van der Waals surface area contributed by atoms with Crippen molar-refractivity contribution in [3.05, 3.63) is 118 Å². The highest BCUT2D eigenvalue weighted by Gasteiger charge is 2.24. The second-order valence-electron chi connectivity index (χ2n) is 9.89. The Labute approximate surface area is 215 Å². The van der Waals surface area contributed by atoms with Crippen LogP contribution in [0.2, 0.25) is 0 Å². The van der Waals surface area contributed by atoms with Gasteiger partial charge in [0.05, 0.1) is 38.3 Å². The largest absolute Gasteiger partial charge is 0.313 e. The van der Waals surface area contributed by atoms with Crippen molar-refractivity contribution in [2.45, 2.75) is 12.3 Å². The molecule has 0 N–H and O–H groups in total. The van der Waals surface area contributed by atoms with Crippen LogP contribution in [0, 0.1) is 0 Å². The molecule has 0 radical (unpaired) electrons. The van der Waals surface area contributed by atoms with Gasteiger partial charge < -0.3 is 9.13 Å². The van der Waals surface area contributed by atoms with E-state index in [9.17, 15) is 0 Å². The summed E-state index contributed by atoms with van der Waals surface area (Å²) in [6, 6.07) is 31.4. The third kappa shape index (κ3) is 2.61. The topological polar surface area (TPSA) is 60.4 Å². The number of nitrogens with zero attached hydrogens (tertiary/aromatic N) is 6. The molecule has 3 aromatic carbocycles. The molecule has 9 rings (SSSR count). The standard InChI is InChI=1S/C32H20N6/c1-4-11-22-19(8-1)16-28(34-22)37-24-13-6-3-10-21(24)30-26(37)18-27-32(36-30)31-25(14-7-15-33-31)38(27)29-17-20-9-2-5-12-23(20)35-29/h1-18,28-29H. The lowest BCUT2D eigenvalue weighted by molar-refractivity contribution is 0.701. The molecule has 6 heterocycles. The molecule has 7 aromatic rings. The fraction of sp³-hybridized carbons (Fsp3) is 0.0625. The van der Waals surface area contributed by atoms with Crippen molar-refractivity contribution in [3.8, 4) is 0 Å². The molecular weight excluding hydrogens is 468 g/mol. The molecule has 6 heteroatoms. The van der Waals surface area contributed by atoms with Gasteiger partial charge >= 0.3 is 0 Å². The summed E-state index contributed by atoms with van der Waals surface area (Å²) in [5.41, 5.74) is 6.97. The lowest BCUT2D eigenvalue weighted by Gasteiger charge is -2.13. The van der Waals surface area contributed by atoms with Gasteiger partial charge in [-0.25, -0.2) is 4.98 Å². The molecule has 2 aliphatic heterocycles. The molecule has 178 valence electrons. The molecule has 0 saturated heterocycles. The Kier molecular flexibility index (Phi) is 3.81. The summed E-state index contributed by atoms with van der Waals surface area (Å²) in [5, 5.41) is 5.46. The smallest absolute Gasteiger partial charge is 0.146 e. The average Bonchev–Trinajstić information content (AvgIpc) is 3.71. The van der Waals surface area contributed by atoms with Crippen LogP contribution in [0.4, 0.5) is 0 Å². The Morgan fingerprint density at radius 3 is 1.87 bits per heavy atom. The molecule has 0 amide bonds. The monoisotopic (exact) mass is 488 g/mol. The normalized spacial score (nSPS) is 17.8. The van der Waals surface area contributed by atoms with E-state index in [0.717, 1.165) is 65.2 Å². The summed E-state index contributed by atoms with van der Waals surface area (Å²) < 4.78 is 4.59. The Balaban J connectivity index is 1.41. The fourth-order valence-corrected chi connectivity index (χ4v) is 6.16.